The molecule has 0 aliphatic carbocycles. The molecule has 0 N–H and O–H groups in total. The van der Waals surface area contributed by atoms with Crippen molar-refractivity contribution in [2.45, 2.75) is 19.2 Å². The van der Waals surface area contributed by atoms with Gasteiger partial charge in [0, 0.05) is 5.33 Å². The highest BCUT2D eigenvalue weighted by molar-refractivity contribution is 9.08. The first kappa shape index (κ1) is 10.4. The van der Waals surface area contributed by atoms with Crippen molar-refractivity contribution < 1.29 is 0 Å². The van der Waals surface area contributed by atoms with Gasteiger partial charge in [0.1, 0.15) is 0 Å². The number of halogens is 1. The van der Waals surface area contributed by atoms with E-state index in [1.54, 1.807) is 6.20 Å². The van der Waals surface area contributed by atoms with Crippen LogP contribution in [-0.4, -0.2) is 15.0 Å². The molecule has 0 radical (unpaired) electrons. The minimum atomic E-state index is 0.757. The van der Waals surface area contributed by atoms with Gasteiger partial charge in [-0.2, -0.15) is 0 Å². The summed E-state index contributed by atoms with van der Waals surface area (Å²) in [5.74, 6) is 0. The van der Waals surface area contributed by atoms with Crippen LogP contribution in [-0.2, 0) is 5.33 Å². The summed E-state index contributed by atoms with van der Waals surface area (Å²) in [6, 6.07) is 6.31. The van der Waals surface area contributed by atoms with E-state index >= 15 is 0 Å². The molecule has 3 nitrogen and oxygen atoms in total. The van der Waals surface area contributed by atoms with E-state index in [4.69, 9.17) is 0 Å². The monoisotopic (exact) mass is 265 g/mol. The topological polar surface area (TPSA) is 30.7 Å². The number of aromatic nitrogens is 3. The molecule has 0 saturated carbocycles. The zero-order chi connectivity index (χ0) is 10.8. The molecule has 0 unspecified atom stereocenters. The second kappa shape index (κ2) is 4.14. The van der Waals surface area contributed by atoms with Gasteiger partial charge in [-0.3, -0.25) is 0 Å². The normalized spacial score (nSPS) is 10.6. The Morgan fingerprint density at radius 1 is 1.33 bits per heavy atom. The molecule has 15 heavy (non-hydrogen) atoms. The Morgan fingerprint density at radius 3 is 2.80 bits per heavy atom. The van der Waals surface area contributed by atoms with Crippen molar-refractivity contribution in [3.8, 4) is 5.69 Å². The molecule has 2 aromatic rings. The number of hydrogen-bond donors (Lipinski definition) is 0. The molecule has 1 heterocycles. The minimum absolute atomic E-state index is 0.757. The van der Waals surface area contributed by atoms with Crippen molar-refractivity contribution in [2.24, 2.45) is 0 Å². The van der Waals surface area contributed by atoms with Crippen molar-refractivity contribution in [1.82, 2.24) is 15.0 Å². The molecular weight excluding hydrogens is 254 g/mol. The molecule has 0 fully saturated rings. The van der Waals surface area contributed by atoms with Gasteiger partial charge in [-0.25, -0.2) is 4.68 Å². The predicted molar refractivity (Wildman–Crippen MR) is 63.5 cm³/mol. The number of benzene rings is 1. The van der Waals surface area contributed by atoms with Crippen LogP contribution in [0.25, 0.3) is 5.69 Å². The van der Waals surface area contributed by atoms with Crippen LogP contribution < -0.4 is 0 Å². The fourth-order valence-electron chi connectivity index (χ4n) is 1.59. The Labute approximate surface area is 97.2 Å². The van der Waals surface area contributed by atoms with Crippen LogP contribution in [0.5, 0.6) is 0 Å². The molecule has 0 aliphatic rings. The number of nitrogens with zero attached hydrogens (tertiary/aromatic N) is 3. The molecule has 0 atom stereocenters. The van der Waals surface area contributed by atoms with Crippen LogP contribution in [0.2, 0.25) is 0 Å². The van der Waals surface area contributed by atoms with E-state index in [1.165, 1.54) is 11.1 Å². The van der Waals surface area contributed by atoms with E-state index in [1.807, 2.05) is 4.68 Å². The summed E-state index contributed by atoms with van der Waals surface area (Å²) in [4.78, 5) is 0. The number of aryl methyl sites for hydroxylation is 2. The first-order valence-electron chi connectivity index (χ1n) is 4.75. The third-order valence-electron chi connectivity index (χ3n) is 2.34. The smallest absolute Gasteiger partial charge is 0.0751 e. The van der Waals surface area contributed by atoms with Crippen LogP contribution in [0.1, 0.15) is 16.8 Å². The van der Waals surface area contributed by atoms with Crippen LogP contribution in [0.15, 0.2) is 24.4 Å². The summed E-state index contributed by atoms with van der Waals surface area (Å²) >= 11 is 3.42. The third-order valence-corrected chi connectivity index (χ3v) is 2.91. The van der Waals surface area contributed by atoms with E-state index in [2.05, 4.69) is 58.3 Å². The lowest BCUT2D eigenvalue weighted by atomic mass is 10.1. The van der Waals surface area contributed by atoms with Gasteiger partial charge < -0.3 is 0 Å². The van der Waals surface area contributed by atoms with E-state index in [0.717, 1.165) is 16.7 Å². The van der Waals surface area contributed by atoms with Gasteiger partial charge in [0.15, 0.2) is 0 Å². The predicted octanol–water partition coefficient (Wildman–Crippen LogP) is 2.78. The molecule has 0 saturated heterocycles. The van der Waals surface area contributed by atoms with Crippen LogP contribution in [0, 0.1) is 13.8 Å². The average molecular weight is 266 g/mol. The maximum atomic E-state index is 4.08. The Kier molecular flexibility index (Phi) is 2.86. The lowest BCUT2D eigenvalue weighted by Crippen LogP contribution is -2.03. The second-order valence-electron chi connectivity index (χ2n) is 3.56. The molecule has 0 amide bonds. The number of alkyl halides is 1. The zero-order valence-electron chi connectivity index (χ0n) is 8.74. The molecular formula is C11H12BrN3. The zero-order valence-corrected chi connectivity index (χ0v) is 10.3. The van der Waals surface area contributed by atoms with Gasteiger partial charge in [0.25, 0.3) is 0 Å². The van der Waals surface area contributed by atoms with E-state index in [0.29, 0.717) is 0 Å². The molecule has 0 bridgehead atoms. The minimum Gasteiger partial charge on any atom is -0.216 e. The number of hydrogen-bond acceptors (Lipinski definition) is 2. The van der Waals surface area contributed by atoms with Crippen LogP contribution in [0.3, 0.4) is 0 Å². The van der Waals surface area contributed by atoms with Crippen LogP contribution >= 0.6 is 15.9 Å². The maximum absolute atomic E-state index is 4.08. The van der Waals surface area contributed by atoms with E-state index in [9.17, 15) is 0 Å². The summed E-state index contributed by atoms with van der Waals surface area (Å²) in [6.07, 6.45) is 1.77. The average Bonchev–Trinajstić information content (AvgIpc) is 2.65. The highest BCUT2D eigenvalue weighted by atomic mass is 79.9. The first-order valence-corrected chi connectivity index (χ1v) is 5.87. The summed E-state index contributed by atoms with van der Waals surface area (Å²) < 4.78 is 1.86. The standard InChI is InChI=1S/C11H12BrN3/c1-8-3-4-11(9(2)5-8)15-10(6-12)7-13-14-15/h3-5,7H,6H2,1-2H3. The largest absolute Gasteiger partial charge is 0.216 e. The highest BCUT2D eigenvalue weighted by Crippen LogP contribution is 2.17. The summed E-state index contributed by atoms with van der Waals surface area (Å²) in [7, 11) is 0. The fraction of sp³-hybridized carbons (Fsp3) is 0.273. The molecule has 1 aromatic carbocycles. The first-order chi connectivity index (χ1) is 7.22. The lowest BCUT2D eigenvalue weighted by Gasteiger charge is -2.08. The van der Waals surface area contributed by atoms with Gasteiger partial charge in [-0.05, 0) is 25.5 Å². The van der Waals surface area contributed by atoms with Crippen LogP contribution in [0.4, 0.5) is 0 Å². The Morgan fingerprint density at radius 2 is 2.13 bits per heavy atom. The summed E-state index contributed by atoms with van der Waals surface area (Å²) in [5, 5.41) is 8.76. The fourth-order valence-corrected chi connectivity index (χ4v) is 1.98. The van der Waals surface area contributed by atoms with Gasteiger partial charge in [-0.1, -0.05) is 38.8 Å². The van der Waals surface area contributed by atoms with Gasteiger partial charge >= 0.3 is 0 Å². The Bertz CT molecular complexity index is 476. The van der Waals surface area contributed by atoms with Crippen molar-refractivity contribution in [3.63, 3.8) is 0 Å². The summed E-state index contributed by atoms with van der Waals surface area (Å²) in [5.41, 5.74) is 4.62. The molecule has 4 heteroatoms. The highest BCUT2D eigenvalue weighted by Gasteiger charge is 2.07. The molecule has 78 valence electrons. The quantitative estimate of drug-likeness (QED) is 0.782. The molecule has 0 aliphatic heterocycles. The maximum Gasteiger partial charge on any atom is 0.0751 e. The van der Waals surface area contributed by atoms with Gasteiger partial charge in [0.05, 0.1) is 17.6 Å². The molecule has 0 spiro atoms. The van der Waals surface area contributed by atoms with E-state index < -0.39 is 0 Å². The Balaban J connectivity index is 2.54. The summed E-state index contributed by atoms with van der Waals surface area (Å²) in [6.45, 7) is 4.17. The van der Waals surface area contributed by atoms with Gasteiger partial charge in [-0.15, -0.1) is 5.10 Å². The molecule has 1 aromatic heterocycles. The number of rotatable bonds is 2. The van der Waals surface area contributed by atoms with Crippen molar-refractivity contribution in [2.75, 3.05) is 0 Å². The van der Waals surface area contributed by atoms with Crippen molar-refractivity contribution in [1.29, 1.82) is 0 Å². The molecule has 2 rings (SSSR count). The SMILES string of the molecule is Cc1ccc(-n2nncc2CBr)c(C)c1. The Hall–Kier alpha value is -1.16. The van der Waals surface area contributed by atoms with Gasteiger partial charge in [0.2, 0.25) is 0 Å². The van der Waals surface area contributed by atoms with E-state index in [-0.39, 0.29) is 0 Å². The third kappa shape index (κ3) is 1.95. The lowest BCUT2D eigenvalue weighted by molar-refractivity contribution is 0.778. The van der Waals surface area contributed by atoms with Crippen molar-refractivity contribution in [3.05, 3.63) is 41.2 Å². The second-order valence-corrected chi connectivity index (χ2v) is 4.12. The van der Waals surface area contributed by atoms with Crippen molar-refractivity contribution >= 4 is 15.9 Å².